The standard InChI is InChI=1S/C4H2N4SSe/c5-1-2-3(4(6)9)8-10-7-2/h(H2,6,9). The second kappa shape index (κ2) is 2.88. The Balaban J connectivity index is 3.17. The molecule has 0 fully saturated rings. The maximum atomic E-state index is 8.42. The molecule has 50 valence electrons. The van der Waals surface area contributed by atoms with Crippen LogP contribution in [-0.2, 0) is 0 Å². The molecule has 4 nitrogen and oxygen atoms in total. The number of rotatable bonds is 1. The van der Waals surface area contributed by atoms with Gasteiger partial charge in [0.15, 0.2) is 0 Å². The van der Waals surface area contributed by atoms with Gasteiger partial charge in [0, 0.05) is 0 Å². The monoisotopic (exact) mass is 218 g/mol. The molecule has 0 bridgehead atoms. The van der Waals surface area contributed by atoms with Crippen LogP contribution in [0.15, 0.2) is 0 Å². The van der Waals surface area contributed by atoms with Crippen molar-refractivity contribution in [3.05, 3.63) is 11.4 Å². The van der Waals surface area contributed by atoms with Crippen molar-refractivity contribution in [3.8, 4) is 6.07 Å². The second-order valence-corrected chi connectivity index (χ2v) is 2.99. The fourth-order valence-electron chi connectivity index (χ4n) is 0.424. The normalized spacial score (nSPS) is 8.70. The summed E-state index contributed by atoms with van der Waals surface area (Å²) in [6.07, 6.45) is 0. The zero-order valence-electron chi connectivity index (χ0n) is 4.74. The van der Waals surface area contributed by atoms with E-state index in [4.69, 9.17) is 11.0 Å². The molecule has 1 aromatic heterocycles. The number of hydrogen-bond donors (Lipinski definition) is 1. The molecule has 6 heteroatoms. The SMILES string of the molecule is N#Cc1n[se]nc1C(N)=S. The average Bonchev–Trinajstić information content (AvgIpc) is 2.33. The van der Waals surface area contributed by atoms with Gasteiger partial charge >= 0.3 is 68.6 Å². The molecule has 0 aromatic carbocycles. The van der Waals surface area contributed by atoms with Gasteiger partial charge in [0.05, 0.1) is 0 Å². The van der Waals surface area contributed by atoms with E-state index in [2.05, 4.69) is 20.2 Å². The fraction of sp³-hybridized carbons (Fsp3) is 0. The first-order valence-electron chi connectivity index (χ1n) is 2.28. The Hall–Kier alpha value is -0.761. The maximum absolute atomic E-state index is 8.42. The molecule has 0 unspecified atom stereocenters. The minimum atomic E-state index is -0.218. The zero-order chi connectivity index (χ0) is 7.56. The molecule has 0 radical (unpaired) electrons. The zero-order valence-corrected chi connectivity index (χ0v) is 7.27. The quantitative estimate of drug-likeness (QED) is 0.484. The van der Waals surface area contributed by atoms with Crippen molar-refractivity contribution in [3.63, 3.8) is 0 Å². The van der Waals surface area contributed by atoms with Gasteiger partial charge in [0.25, 0.3) is 0 Å². The molecule has 0 saturated heterocycles. The molecule has 0 saturated carbocycles. The first-order valence-corrected chi connectivity index (χ1v) is 4.22. The predicted octanol–water partition coefficient (Wildman–Crippen LogP) is -0.961. The topological polar surface area (TPSA) is 75.6 Å². The summed E-state index contributed by atoms with van der Waals surface area (Å²) in [5, 5.41) is 8.42. The Kier molecular flexibility index (Phi) is 2.12. The summed E-state index contributed by atoms with van der Waals surface area (Å²) in [5.41, 5.74) is 5.90. The molecule has 2 N–H and O–H groups in total. The summed E-state index contributed by atoms with van der Waals surface area (Å²) >= 11 is 4.41. The fourth-order valence-corrected chi connectivity index (χ4v) is 1.78. The molecule has 1 rings (SSSR count). The van der Waals surface area contributed by atoms with Crippen molar-refractivity contribution in [2.45, 2.75) is 0 Å². The van der Waals surface area contributed by atoms with Crippen LogP contribution in [0.5, 0.6) is 0 Å². The molecule has 1 heterocycles. The van der Waals surface area contributed by atoms with Crippen LogP contribution in [0, 0.1) is 11.3 Å². The van der Waals surface area contributed by atoms with Crippen LogP contribution < -0.4 is 5.73 Å². The molecule has 0 aliphatic carbocycles. The van der Waals surface area contributed by atoms with Gasteiger partial charge in [0.1, 0.15) is 0 Å². The van der Waals surface area contributed by atoms with Gasteiger partial charge in [-0.2, -0.15) is 0 Å². The van der Waals surface area contributed by atoms with E-state index in [-0.39, 0.29) is 25.6 Å². The first-order chi connectivity index (χ1) is 4.75. The van der Waals surface area contributed by atoms with E-state index in [1.807, 2.05) is 6.07 Å². The van der Waals surface area contributed by atoms with Gasteiger partial charge < -0.3 is 0 Å². The number of hydrogen-bond acceptors (Lipinski definition) is 4. The second-order valence-electron chi connectivity index (χ2n) is 1.44. The van der Waals surface area contributed by atoms with Gasteiger partial charge in [-0.25, -0.2) is 0 Å². The summed E-state index contributed by atoms with van der Waals surface area (Å²) in [7, 11) is 0. The number of nitrogens with zero attached hydrogens (tertiary/aromatic N) is 3. The van der Waals surface area contributed by atoms with Crippen molar-refractivity contribution >= 4 is 32.2 Å². The van der Waals surface area contributed by atoms with Gasteiger partial charge in [-0.3, -0.25) is 0 Å². The number of aromatic nitrogens is 2. The van der Waals surface area contributed by atoms with Crippen molar-refractivity contribution < 1.29 is 0 Å². The van der Waals surface area contributed by atoms with Gasteiger partial charge in [0.2, 0.25) is 0 Å². The van der Waals surface area contributed by atoms with Crippen LogP contribution in [0.4, 0.5) is 0 Å². The Morgan fingerprint density at radius 3 is 2.80 bits per heavy atom. The van der Waals surface area contributed by atoms with E-state index in [1.54, 1.807) is 0 Å². The Morgan fingerprint density at radius 1 is 1.70 bits per heavy atom. The number of nitriles is 1. The Labute approximate surface area is 68.9 Å². The average molecular weight is 217 g/mol. The summed E-state index contributed by atoms with van der Waals surface area (Å²) in [6, 6.07) is 1.86. The van der Waals surface area contributed by atoms with E-state index in [1.165, 1.54) is 0 Å². The van der Waals surface area contributed by atoms with Gasteiger partial charge in [-0.05, 0) is 0 Å². The van der Waals surface area contributed by atoms with Crippen LogP contribution in [0.3, 0.4) is 0 Å². The van der Waals surface area contributed by atoms with Crippen molar-refractivity contribution in [1.82, 2.24) is 7.96 Å². The molecular formula is C4H2N4SSe. The van der Waals surface area contributed by atoms with Crippen LogP contribution in [0.1, 0.15) is 11.4 Å². The molecule has 0 atom stereocenters. The summed E-state index contributed by atoms with van der Waals surface area (Å²) in [6.45, 7) is 0. The number of thiocarbonyl (C=S) groups is 1. The molecule has 0 spiro atoms. The predicted molar refractivity (Wildman–Crippen MR) is 39.6 cm³/mol. The van der Waals surface area contributed by atoms with E-state index in [9.17, 15) is 0 Å². The van der Waals surface area contributed by atoms with Crippen LogP contribution in [0.25, 0.3) is 0 Å². The van der Waals surface area contributed by atoms with Crippen molar-refractivity contribution in [1.29, 1.82) is 5.26 Å². The molecule has 0 amide bonds. The number of nitrogens with two attached hydrogens (primary N) is 1. The summed E-state index contributed by atoms with van der Waals surface area (Å²) < 4.78 is 7.68. The third-order valence-corrected chi connectivity index (χ3v) is 2.13. The molecule has 0 aliphatic rings. The Bertz CT molecular complexity index is 298. The third-order valence-electron chi connectivity index (χ3n) is 0.828. The van der Waals surface area contributed by atoms with Crippen LogP contribution in [-0.4, -0.2) is 27.9 Å². The van der Waals surface area contributed by atoms with E-state index < -0.39 is 0 Å². The van der Waals surface area contributed by atoms with E-state index >= 15 is 0 Å². The molecular weight excluding hydrogens is 215 g/mol. The first kappa shape index (κ1) is 7.35. The summed E-state index contributed by atoms with van der Waals surface area (Å²) in [4.78, 5) is 0.152. The molecule has 10 heavy (non-hydrogen) atoms. The van der Waals surface area contributed by atoms with Crippen LogP contribution in [0.2, 0.25) is 0 Å². The molecule has 0 aliphatic heterocycles. The van der Waals surface area contributed by atoms with E-state index in [0.29, 0.717) is 5.69 Å². The summed E-state index contributed by atoms with van der Waals surface area (Å²) in [5.74, 6) is 0. The van der Waals surface area contributed by atoms with E-state index in [0.717, 1.165) is 0 Å². The van der Waals surface area contributed by atoms with Crippen molar-refractivity contribution in [2.24, 2.45) is 5.73 Å². The van der Waals surface area contributed by atoms with Crippen molar-refractivity contribution in [2.75, 3.05) is 0 Å². The van der Waals surface area contributed by atoms with Gasteiger partial charge in [-0.1, -0.05) is 0 Å². The minimum absolute atomic E-state index is 0.152. The van der Waals surface area contributed by atoms with Gasteiger partial charge in [-0.15, -0.1) is 0 Å². The molecule has 1 aromatic rings. The third kappa shape index (κ3) is 1.21. The van der Waals surface area contributed by atoms with Crippen LogP contribution >= 0.6 is 12.2 Å². The Morgan fingerprint density at radius 2 is 2.40 bits per heavy atom.